The van der Waals surface area contributed by atoms with E-state index in [1.807, 2.05) is 0 Å². The van der Waals surface area contributed by atoms with Gasteiger partial charge in [0, 0.05) is 18.1 Å². The van der Waals surface area contributed by atoms with Crippen LogP contribution >= 0.6 is 0 Å². The molecule has 82 valence electrons. The van der Waals surface area contributed by atoms with Gasteiger partial charge in [-0.25, -0.2) is 0 Å². The van der Waals surface area contributed by atoms with Gasteiger partial charge < -0.3 is 15.6 Å². The highest BCUT2D eigenvalue weighted by atomic mass is 16.5. The van der Waals surface area contributed by atoms with Gasteiger partial charge in [-0.2, -0.15) is 0 Å². The molecular formula is C11H21NO2. The monoisotopic (exact) mass is 199 g/mol. The molecule has 2 atom stereocenters. The molecule has 0 spiro atoms. The van der Waals surface area contributed by atoms with E-state index < -0.39 is 0 Å². The van der Waals surface area contributed by atoms with E-state index in [4.69, 9.17) is 10.5 Å². The van der Waals surface area contributed by atoms with Crippen LogP contribution in [0.1, 0.15) is 38.5 Å². The van der Waals surface area contributed by atoms with Gasteiger partial charge in [-0.05, 0) is 25.7 Å². The molecule has 0 aromatic rings. The molecule has 1 aliphatic heterocycles. The average molecular weight is 199 g/mol. The Morgan fingerprint density at radius 3 is 2.57 bits per heavy atom. The Bertz CT molecular complexity index is 184. The van der Waals surface area contributed by atoms with Gasteiger partial charge in [0.25, 0.3) is 0 Å². The first kappa shape index (κ1) is 10.4. The number of rotatable bonds is 3. The first-order valence-corrected chi connectivity index (χ1v) is 5.76. The van der Waals surface area contributed by atoms with E-state index in [9.17, 15) is 5.11 Å². The van der Waals surface area contributed by atoms with Crippen LogP contribution in [0.5, 0.6) is 0 Å². The third kappa shape index (κ3) is 1.69. The Balaban J connectivity index is 2.02. The summed E-state index contributed by atoms with van der Waals surface area (Å²) in [5, 5.41) is 9.51. The summed E-state index contributed by atoms with van der Waals surface area (Å²) in [6, 6.07) is 0.0394. The van der Waals surface area contributed by atoms with Gasteiger partial charge in [0.2, 0.25) is 0 Å². The van der Waals surface area contributed by atoms with Crippen molar-refractivity contribution in [3.8, 4) is 0 Å². The van der Waals surface area contributed by atoms with Crippen molar-refractivity contribution in [2.45, 2.75) is 50.7 Å². The standard InChI is InChI=1S/C11H21NO2/c12-10(9-4-3-7-14-9)11(8-13)5-1-2-6-11/h9-10,13H,1-8,12H2. The molecule has 0 amide bonds. The quantitative estimate of drug-likeness (QED) is 0.714. The number of hydrogen-bond donors (Lipinski definition) is 2. The van der Waals surface area contributed by atoms with Crippen molar-refractivity contribution >= 4 is 0 Å². The maximum atomic E-state index is 9.51. The van der Waals surface area contributed by atoms with Crippen LogP contribution in [0, 0.1) is 5.41 Å². The second-order valence-corrected chi connectivity index (χ2v) is 4.80. The largest absolute Gasteiger partial charge is 0.396 e. The fraction of sp³-hybridized carbons (Fsp3) is 1.00. The van der Waals surface area contributed by atoms with Gasteiger partial charge in [0.05, 0.1) is 12.7 Å². The fourth-order valence-corrected chi connectivity index (χ4v) is 2.96. The van der Waals surface area contributed by atoms with Crippen LogP contribution in [0.25, 0.3) is 0 Å². The number of aliphatic hydroxyl groups excluding tert-OH is 1. The lowest BCUT2D eigenvalue weighted by molar-refractivity contribution is 0.0113. The lowest BCUT2D eigenvalue weighted by Crippen LogP contribution is -2.50. The van der Waals surface area contributed by atoms with Crippen LogP contribution < -0.4 is 5.73 Å². The van der Waals surface area contributed by atoms with E-state index >= 15 is 0 Å². The number of ether oxygens (including phenoxy) is 1. The molecule has 3 N–H and O–H groups in total. The van der Waals surface area contributed by atoms with Gasteiger partial charge in [-0.15, -0.1) is 0 Å². The summed E-state index contributed by atoms with van der Waals surface area (Å²) in [5.41, 5.74) is 6.21. The summed E-state index contributed by atoms with van der Waals surface area (Å²) < 4.78 is 5.62. The number of nitrogens with two attached hydrogens (primary N) is 1. The van der Waals surface area contributed by atoms with Crippen molar-refractivity contribution < 1.29 is 9.84 Å². The minimum Gasteiger partial charge on any atom is -0.396 e. The zero-order chi connectivity index (χ0) is 10.0. The molecule has 2 aliphatic rings. The summed E-state index contributed by atoms with van der Waals surface area (Å²) >= 11 is 0. The van der Waals surface area contributed by atoms with Crippen molar-refractivity contribution in [1.82, 2.24) is 0 Å². The molecule has 1 saturated carbocycles. The Kier molecular flexibility index (Phi) is 3.10. The van der Waals surface area contributed by atoms with Gasteiger partial charge in [0.15, 0.2) is 0 Å². The second kappa shape index (κ2) is 4.17. The Hall–Kier alpha value is -0.120. The molecular weight excluding hydrogens is 178 g/mol. The highest BCUT2D eigenvalue weighted by Crippen LogP contribution is 2.42. The van der Waals surface area contributed by atoms with E-state index in [0.29, 0.717) is 0 Å². The maximum Gasteiger partial charge on any atom is 0.0733 e. The normalized spacial score (nSPS) is 33.4. The third-order valence-electron chi connectivity index (χ3n) is 3.99. The zero-order valence-electron chi connectivity index (χ0n) is 8.74. The van der Waals surface area contributed by atoms with Crippen LogP contribution in [-0.2, 0) is 4.74 Å². The topological polar surface area (TPSA) is 55.5 Å². The lowest BCUT2D eigenvalue weighted by atomic mass is 9.76. The summed E-state index contributed by atoms with van der Waals surface area (Å²) in [6.45, 7) is 1.08. The predicted octanol–water partition coefficient (Wildman–Crippen LogP) is 1.05. The smallest absolute Gasteiger partial charge is 0.0733 e. The van der Waals surface area contributed by atoms with Gasteiger partial charge in [0.1, 0.15) is 0 Å². The molecule has 1 heterocycles. The molecule has 1 aliphatic carbocycles. The Morgan fingerprint density at radius 1 is 1.36 bits per heavy atom. The molecule has 0 bridgehead atoms. The third-order valence-corrected chi connectivity index (χ3v) is 3.99. The molecule has 14 heavy (non-hydrogen) atoms. The first-order valence-electron chi connectivity index (χ1n) is 5.76. The van der Waals surface area contributed by atoms with Crippen molar-refractivity contribution in [3.05, 3.63) is 0 Å². The van der Waals surface area contributed by atoms with Crippen molar-refractivity contribution in [1.29, 1.82) is 0 Å². The van der Waals surface area contributed by atoms with Crippen LogP contribution in [0.15, 0.2) is 0 Å². The van der Waals surface area contributed by atoms with E-state index in [0.717, 1.165) is 32.3 Å². The van der Waals surface area contributed by atoms with E-state index in [2.05, 4.69) is 0 Å². The summed E-state index contributed by atoms with van der Waals surface area (Å²) in [7, 11) is 0. The second-order valence-electron chi connectivity index (χ2n) is 4.80. The van der Waals surface area contributed by atoms with E-state index in [1.54, 1.807) is 0 Å². The Labute approximate surface area is 85.6 Å². The molecule has 1 saturated heterocycles. The van der Waals surface area contributed by atoms with E-state index in [-0.39, 0.29) is 24.2 Å². The summed E-state index contributed by atoms with van der Waals surface area (Å²) in [4.78, 5) is 0. The highest BCUT2D eigenvalue weighted by molar-refractivity contribution is 4.97. The molecule has 0 aromatic heterocycles. The Morgan fingerprint density at radius 2 is 2.07 bits per heavy atom. The summed E-state index contributed by atoms with van der Waals surface area (Å²) in [5.74, 6) is 0. The van der Waals surface area contributed by atoms with Gasteiger partial charge in [-0.1, -0.05) is 12.8 Å². The van der Waals surface area contributed by atoms with Crippen LogP contribution in [0.4, 0.5) is 0 Å². The molecule has 3 nitrogen and oxygen atoms in total. The fourth-order valence-electron chi connectivity index (χ4n) is 2.96. The summed E-state index contributed by atoms with van der Waals surface area (Å²) in [6.07, 6.45) is 6.96. The molecule has 0 aromatic carbocycles. The van der Waals surface area contributed by atoms with Crippen LogP contribution in [0.2, 0.25) is 0 Å². The molecule has 3 heteroatoms. The van der Waals surface area contributed by atoms with Crippen molar-refractivity contribution in [3.63, 3.8) is 0 Å². The maximum absolute atomic E-state index is 9.51. The van der Waals surface area contributed by atoms with Gasteiger partial charge >= 0.3 is 0 Å². The highest BCUT2D eigenvalue weighted by Gasteiger charge is 2.43. The number of aliphatic hydroxyl groups is 1. The number of hydrogen-bond acceptors (Lipinski definition) is 3. The minimum atomic E-state index is -0.0327. The minimum absolute atomic E-state index is 0.0327. The molecule has 2 rings (SSSR count). The van der Waals surface area contributed by atoms with Crippen molar-refractivity contribution in [2.75, 3.05) is 13.2 Å². The lowest BCUT2D eigenvalue weighted by Gasteiger charge is -2.36. The SMILES string of the molecule is NC(C1CCCO1)C1(CO)CCCC1. The predicted molar refractivity (Wildman–Crippen MR) is 54.9 cm³/mol. The van der Waals surface area contributed by atoms with Crippen LogP contribution in [-0.4, -0.2) is 30.5 Å². The van der Waals surface area contributed by atoms with Crippen molar-refractivity contribution in [2.24, 2.45) is 11.1 Å². The van der Waals surface area contributed by atoms with Gasteiger partial charge in [-0.3, -0.25) is 0 Å². The molecule has 0 radical (unpaired) electrons. The zero-order valence-corrected chi connectivity index (χ0v) is 8.74. The van der Waals surface area contributed by atoms with E-state index in [1.165, 1.54) is 12.8 Å². The first-order chi connectivity index (χ1) is 6.78. The molecule has 2 fully saturated rings. The molecule has 2 unspecified atom stereocenters. The average Bonchev–Trinajstić information content (AvgIpc) is 2.89. The van der Waals surface area contributed by atoms with Crippen LogP contribution in [0.3, 0.4) is 0 Å².